The molecule has 0 aromatic heterocycles. The van der Waals surface area contributed by atoms with Gasteiger partial charge in [0.1, 0.15) is 0 Å². The van der Waals surface area contributed by atoms with Crippen molar-refractivity contribution in [3.05, 3.63) is 42.5 Å². The number of ether oxygens (including phenoxy) is 1. The van der Waals surface area contributed by atoms with Crippen LogP contribution in [-0.4, -0.2) is 51.3 Å². The van der Waals surface area contributed by atoms with E-state index in [2.05, 4.69) is 52.3 Å². The Labute approximate surface area is 120 Å². The van der Waals surface area contributed by atoms with E-state index in [0.717, 1.165) is 39.3 Å². The first-order chi connectivity index (χ1) is 9.88. The summed E-state index contributed by atoms with van der Waals surface area (Å²) in [5, 5.41) is 2.69. The predicted octanol–water partition coefficient (Wildman–Crippen LogP) is 2.61. The summed E-state index contributed by atoms with van der Waals surface area (Å²) in [6.07, 6.45) is 0. The molecule has 1 aliphatic heterocycles. The predicted molar refractivity (Wildman–Crippen MR) is 84.5 cm³/mol. The quantitative estimate of drug-likeness (QED) is 0.849. The van der Waals surface area contributed by atoms with Gasteiger partial charge in [-0.15, -0.1) is 0 Å². The lowest BCUT2D eigenvalue weighted by Gasteiger charge is -2.36. The van der Waals surface area contributed by atoms with Crippen LogP contribution in [0.25, 0.3) is 10.8 Å². The summed E-state index contributed by atoms with van der Waals surface area (Å²) in [7, 11) is 1.77. The molecule has 2 aromatic rings. The Morgan fingerprint density at radius 2 is 1.70 bits per heavy atom. The molecular formula is C17H22N2O. The maximum atomic E-state index is 5.16. The number of benzene rings is 2. The van der Waals surface area contributed by atoms with Gasteiger partial charge < -0.3 is 9.64 Å². The van der Waals surface area contributed by atoms with Crippen LogP contribution < -0.4 is 4.90 Å². The second kappa shape index (κ2) is 6.25. The minimum absolute atomic E-state index is 0.828. The average Bonchev–Trinajstić information content (AvgIpc) is 2.53. The van der Waals surface area contributed by atoms with E-state index in [1.54, 1.807) is 7.11 Å². The Bertz CT molecular complexity index is 556. The molecular weight excluding hydrogens is 248 g/mol. The molecule has 0 radical (unpaired) electrons. The van der Waals surface area contributed by atoms with Crippen LogP contribution in [-0.2, 0) is 4.74 Å². The molecule has 2 aromatic carbocycles. The van der Waals surface area contributed by atoms with Crippen LogP contribution in [0.1, 0.15) is 0 Å². The molecule has 3 nitrogen and oxygen atoms in total. The molecule has 3 heteroatoms. The normalized spacial score (nSPS) is 16.8. The number of anilines is 1. The Balaban J connectivity index is 1.74. The van der Waals surface area contributed by atoms with Crippen molar-refractivity contribution >= 4 is 16.5 Å². The number of fused-ring (bicyclic) bond motifs is 1. The van der Waals surface area contributed by atoms with Crippen molar-refractivity contribution in [3.8, 4) is 0 Å². The molecule has 0 bridgehead atoms. The molecule has 1 saturated heterocycles. The van der Waals surface area contributed by atoms with E-state index < -0.39 is 0 Å². The zero-order valence-corrected chi connectivity index (χ0v) is 12.1. The van der Waals surface area contributed by atoms with Gasteiger partial charge in [-0.3, -0.25) is 4.90 Å². The molecule has 1 fully saturated rings. The van der Waals surface area contributed by atoms with E-state index >= 15 is 0 Å². The van der Waals surface area contributed by atoms with Crippen LogP contribution >= 0.6 is 0 Å². The fourth-order valence-electron chi connectivity index (χ4n) is 2.92. The number of rotatable bonds is 4. The van der Waals surface area contributed by atoms with E-state index in [4.69, 9.17) is 4.74 Å². The third-order valence-electron chi connectivity index (χ3n) is 4.09. The lowest BCUT2D eigenvalue weighted by molar-refractivity contribution is 0.144. The summed E-state index contributed by atoms with van der Waals surface area (Å²) >= 11 is 0. The first-order valence-corrected chi connectivity index (χ1v) is 7.32. The molecule has 106 valence electrons. The number of hydrogen-bond donors (Lipinski definition) is 0. The third-order valence-corrected chi connectivity index (χ3v) is 4.09. The Kier molecular flexibility index (Phi) is 4.19. The van der Waals surface area contributed by atoms with E-state index in [0.29, 0.717) is 0 Å². The van der Waals surface area contributed by atoms with E-state index in [1.165, 1.54) is 16.5 Å². The second-order valence-corrected chi connectivity index (χ2v) is 5.32. The summed E-state index contributed by atoms with van der Waals surface area (Å²) in [5.74, 6) is 0. The van der Waals surface area contributed by atoms with Crippen molar-refractivity contribution in [3.63, 3.8) is 0 Å². The highest BCUT2D eigenvalue weighted by molar-refractivity contribution is 5.94. The van der Waals surface area contributed by atoms with Gasteiger partial charge in [-0.05, 0) is 11.5 Å². The van der Waals surface area contributed by atoms with Crippen molar-refractivity contribution in [1.82, 2.24) is 4.90 Å². The molecule has 20 heavy (non-hydrogen) atoms. The van der Waals surface area contributed by atoms with E-state index in [-0.39, 0.29) is 0 Å². The smallest absolute Gasteiger partial charge is 0.0589 e. The molecule has 0 atom stereocenters. The zero-order valence-electron chi connectivity index (χ0n) is 12.1. The van der Waals surface area contributed by atoms with Gasteiger partial charge in [0.15, 0.2) is 0 Å². The fraction of sp³-hybridized carbons (Fsp3) is 0.412. The topological polar surface area (TPSA) is 15.7 Å². The van der Waals surface area contributed by atoms with Crippen LogP contribution in [0.3, 0.4) is 0 Å². The summed E-state index contributed by atoms with van der Waals surface area (Å²) in [6, 6.07) is 15.2. The molecule has 0 unspecified atom stereocenters. The van der Waals surface area contributed by atoms with Gasteiger partial charge in [0, 0.05) is 50.9 Å². The summed E-state index contributed by atoms with van der Waals surface area (Å²) < 4.78 is 5.16. The van der Waals surface area contributed by atoms with Crippen LogP contribution in [0.2, 0.25) is 0 Å². The molecule has 1 heterocycles. The van der Waals surface area contributed by atoms with E-state index in [1.807, 2.05) is 0 Å². The van der Waals surface area contributed by atoms with Crippen LogP contribution in [0.5, 0.6) is 0 Å². The van der Waals surface area contributed by atoms with Crippen molar-refractivity contribution in [2.24, 2.45) is 0 Å². The standard InChI is InChI=1S/C17H22N2O/c1-20-14-13-18-9-11-19(12-10-18)17-8-4-6-15-5-2-3-7-16(15)17/h2-8H,9-14H2,1H3. The minimum atomic E-state index is 0.828. The number of nitrogens with zero attached hydrogens (tertiary/aromatic N) is 2. The minimum Gasteiger partial charge on any atom is -0.383 e. The highest BCUT2D eigenvalue weighted by atomic mass is 16.5. The average molecular weight is 270 g/mol. The van der Waals surface area contributed by atoms with Gasteiger partial charge in [-0.25, -0.2) is 0 Å². The molecule has 0 spiro atoms. The van der Waals surface area contributed by atoms with Crippen molar-refractivity contribution in [2.75, 3.05) is 51.3 Å². The van der Waals surface area contributed by atoms with Gasteiger partial charge in [0.25, 0.3) is 0 Å². The lowest BCUT2D eigenvalue weighted by Crippen LogP contribution is -2.47. The van der Waals surface area contributed by atoms with Crippen molar-refractivity contribution in [1.29, 1.82) is 0 Å². The monoisotopic (exact) mass is 270 g/mol. The molecule has 1 aliphatic rings. The third kappa shape index (κ3) is 2.79. The number of methoxy groups -OCH3 is 1. The molecule has 0 saturated carbocycles. The fourth-order valence-corrected chi connectivity index (χ4v) is 2.92. The van der Waals surface area contributed by atoms with Crippen LogP contribution in [0.4, 0.5) is 5.69 Å². The first kappa shape index (κ1) is 13.4. The van der Waals surface area contributed by atoms with Gasteiger partial charge >= 0.3 is 0 Å². The maximum Gasteiger partial charge on any atom is 0.0589 e. The van der Waals surface area contributed by atoms with Crippen molar-refractivity contribution in [2.45, 2.75) is 0 Å². The Morgan fingerprint density at radius 3 is 2.50 bits per heavy atom. The maximum absolute atomic E-state index is 5.16. The van der Waals surface area contributed by atoms with Gasteiger partial charge in [-0.1, -0.05) is 36.4 Å². The summed E-state index contributed by atoms with van der Waals surface area (Å²) in [5.41, 5.74) is 1.37. The zero-order chi connectivity index (χ0) is 13.8. The summed E-state index contributed by atoms with van der Waals surface area (Å²) in [6.45, 7) is 6.29. The molecule has 0 aliphatic carbocycles. The number of piperazine rings is 1. The number of hydrogen-bond acceptors (Lipinski definition) is 3. The van der Waals surface area contributed by atoms with Crippen molar-refractivity contribution < 1.29 is 4.74 Å². The molecule has 3 rings (SSSR count). The van der Waals surface area contributed by atoms with Crippen LogP contribution in [0.15, 0.2) is 42.5 Å². The highest BCUT2D eigenvalue weighted by Crippen LogP contribution is 2.27. The van der Waals surface area contributed by atoms with E-state index in [9.17, 15) is 0 Å². The van der Waals surface area contributed by atoms with Crippen LogP contribution in [0, 0.1) is 0 Å². The van der Waals surface area contributed by atoms with Gasteiger partial charge in [-0.2, -0.15) is 0 Å². The summed E-state index contributed by atoms with van der Waals surface area (Å²) in [4.78, 5) is 4.98. The second-order valence-electron chi connectivity index (χ2n) is 5.32. The molecule has 0 amide bonds. The Hall–Kier alpha value is -1.58. The molecule has 0 N–H and O–H groups in total. The SMILES string of the molecule is COCCN1CCN(c2cccc3ccccc23)CC1. The highest BCUT2D eigenvalue weighted by Gasteiger charge is 2.17. The van der Waals surface area contributed by atoms with Gasteiger partial charge in [0.05, 0.1) is 6.61 Å². The Morgan fingerprint density at radius 1 is 0.950 bits per heavy atom. The largest absolute Gasteiger partial charge is 0.383 e. The van der Waals surface area contributed by atoms with Gasteiger partial charge in [0.2, 0.25) is 0 Å². The first-order valence-electron chi connectivity index (χ1n) is 7.32. The lowest BCUT2D eigenvalue weighted by atomic mass is 10.1.